The van der Waals surface area contributed by atoms with Gasteiger partial charge in [-0.2, -0.15) is 0 Å². The highest BCUT2D eigenvalue weighted by Gasteiger charge is 2.26. The number of pyridine rings is 1. The Morgan fingerprint density at radius 2 is 1.31 bits per heavy atom. The van der Waals surface area contributed by atoms with Gasteiger partial charge in [-0.15, -0.1) is 0 Å². The second kappa shape index (κ2) is 9.12. The van der Waals surface area contributed by atoms with Crippen molar-refractivity contribution in [2.75, 3.05) is 0 Å². The maximum atomic E-state index is 7.64. The molecule has 0 amide bonds. The molecule has 0 aliphatic carbocycles. The number of rotatable bonds is 2. The summed E-state index contributed by atoms with van der Waals surface area (Å²) in [6, 6.07) is 44.4. The molecule has 11 aromatic rings. The van der Waals surface area contributed by atoms with Crippen LogP contribution in [0.5, 0.6) is 0 Å². The fourth-order valence-electron chi connectivity index (χ4n) is 7.88. The molecule has 6 nitrogen and oxygen atoms in total. The van der Waals surface area contributed by atoms with Gasteiger partial charge in [0.25, 0.3) is 0 Å². The zero-order valence-corrected chi connectivity index (χ0v) is 25.4. The molecule has 6 aromatic carbocycles. The third-order valence-corrected chi connectivity index (χ3v) is 9.86. The van der Waals surface area contributed by atoms with E-state index in [1.165, 1.54) is 48.9 Å². The number of para-hydroxylation sites is 2. The number of nitrogens with zero attached hydrogens (tertiary/aromatic N) is 6. The third kappa shape index (κ3) is 3.22. The molecule has 0 saturated carbocycles. The zero-order chi connectivity index (χ0) is 31.5. The maximum Gasteiger partial charge on any atom is 0.235 e. The molecule has 0 fully saturated rings. The van der Waals surface area contributed by atoms with Gasteiger partial charge in [-0.1, -0.05) is 78.9 Å². The van der Waals surface area contributed by atoms with E-state index in [0.29, 0.717) is 22.8 Å². The second-order valence-corrected chi connectivity index (χ2v) is 12.4. The van der Waals surface area contributed by atoms with Crippen molar-refractivity contribution in [1.82, 2.24) is 23.9 Å². The fourth-order valence-corrected chi connectivity index (χ4v) is 7.88. The van der Waals surface area contributed by atoms with Crippen molar-refractivity contribution >= 4 is 87.4 Å². The van der Waals surface area contributed by atoms with Crippen molar-refractivity contribution in [3.05, 3.63) is 145 Å². The molecule has 0 aliphatic rings. The van der Waals surface area contributed by atoms with Crippen LogP contribution >= 0.6 is 0 Å². The summed E-state index contributed by atoms with van der Waals surface area (Å²) in [5.41, 5.74) is 9.22. The zero-order valence-electron chi connectivity index (χ0n) is 25.4. The highest BCUT2D eigenvalue weighted by molar-refractivity contribution is 6.34. The van der Waals surface area contributed by atoms with Gasteiger partial charge in [-0.3, -0.25) is 9.55 Å². The van der Waals surface area contributed by atoms with E-state index in [1.807, 2.05) is 36.4 Å². The van der Waals surface area contributed by atoms with Crippen molar-refractivity contribution in [2.45, 2.75) is 0 Å². The molecule has 0 unspecified atom stereocenters. The molecule has 48 heavy (non-hydrogen) atoms. The summed E-state index contributed by atoms with van der Waals surface area (Å²) in [6.07, 6.45) is 1.77. The summed E-state index contributed by atoms with van der Waals surface area (Å²) < 4.78 is 4.68. The largest absolute Gasteiger partial charge is 0.308 e. The lowest BCUT2D eigenvalue weighted by Gasteiger charge is -2.12. The Morgan fingerprint density at radius 3 is 2.17 bits per heavy atom. The van der Waals surface area contributed by atoms with E-state index in [-0.39, 0.29) is 0 Å². The molecule has 0 atom stereocenters. The van der Waals surface area contributed by atoms with E-state index in [9.17, 15) is 0 Å². The Morgan fingerprint density at radius 1 is 0.562 bits per heavy atom. The quantitative estimate of drug-likeness (QED) is 0.183. The minimum atomic E-state index is 0.556. The Bertz CT molecular complexity index is 3200. The molecule has 0 saturated heterocycles. The number of fused-ring (bicyclic) bond motifs is 12. The average Bonchev–Trinajstić information content (AvgIpc) is 3.77. The van der Waals surface area contributed by atoms with Crippen LogP contribution in [0.2, 0.25) is 0 Å². The summed E-state index contributed by atoms with van der Waals surface area (Å²) in [5.74, 6) is 0.567. The van der Waals surface area contributed by atoms with Crippen LogP contribution in [0.3, 0.4) is 0 Å². The highest BCUT2D eigenvalue weighted by Crippen LogP contribution is 2.47. The Balaban J connectivity index is 1.38. The number of aromatic nitrogens is 5. The molecule has 5 aromatic heterocycles. The van der Waals surface area contributed by atoms with Crippen molar-refractivity contribution in [2.24, 2.45) is 0 Å². The topological polar surface area (TPSA) is 52.4 Å². The van der Waals surface area contributed by atoms with Crippen molar-refractivity contribution in [3.8, 4) is 17.2 Å². The van der Waals surface area contributed by atoms with Gasteiger partial charge in [0, 0.05) is 38.5 Å². The van der Waals surface area contributed by atoms with Crippen LogP contribution in [0.1, 0.15) is 0 Å². The first-order valence-electron chi connectivity index (χ1n) is 15.9. The van der Waals surface area contributed by atoms with Crippen LogP contribution in [-0.4, -0.2) is 23.9 Å². The molecule has 11 rings (SSSR count). The first-order valence-corrected chi connectivity index (χ1v) is 15.9. The summed E-state index contributed by atoms with van der Waals surface area (Å²) in [5, 5.41) is 9.56. The van der Waals surface area contributed by atoms with Gasteiger partial charge in [0.1, 0.15) is 11.2 Å². The van der Waals surface area contributed by atoms with E-state index >= 15 is 0 Å². The molecule has 6 heteroatoms. The van der Waals surface area contributed by atoms with Gasteiger partial charge in [0.15, 0.2) is 5.69 Å². The molecule has 5 heterocycles. The predicted molar refractivity (Wildman–Crippen MR) is 196 cm³/mol. The Hall–Kier alpha value is -6.84. The van der Waals surface area contributed by atoms with Crippen LogP contribution in [0.4, 0.5) is 5.69 Å². The third-order valence-electron chi connectivity index (χ3n) is 9.86. The van der Waals surface area contributed by atoms with Crippen molar-refractivity contribution in [1.29, 1.82) is 0 Å². The van der Waals surface area contributed by atoms with Crippen LogP contribution in [0, 0.1) is 6.57 Å². The lowest BCUT2D eigenvalue weighted by atomic mass is 10.0. The molecular formula is C42H22N6. The molecular weight excluding hydrogens is 589 g/mol. The number of hydrogen-bond donors (Lipinski definition) is 0. The summed E-state index contributed by atoms with van der Waals surface area (Å²) >= 11 is 0. The van der Waals surface area contributed by atoms with Gasteiger partial charge in [0.2, 0.25) is 5.95 Å². The molecule has 0 spiro atoms. The summed E-state index contributed by atoms with van der Waals surface area (Å²) in [7, 11) is 0. The van der Waals surface area contributed by atoms with E-state index in [4.69, 9.17) is 21.5 Å². The van der Waals surface area contributed by atoms with Crippen LogP contribution in [0.15, 0.2) is 134 Å². The van der Waals surface area contributed by atoms with Gasteiger partial charge < -0.3 is 4.40 Å². The molecule has 220 valence electrons. The van der Waals surface area contributed by atoms with Gasteiger partial charge in [-0.05, 0) is 64.9 Å². The molecule has 0 bridgehead atoms. The molecule has 0 N–H and O–H groups in total. The minimum Gasteiger partial charge on any atom is -0.308 e. The van der Waals surface area contributed by atoms with Crippen molar-refractivity contribution < 1.29 is 0 Å². The Kier molecular flexibility index (Phi) is 4.82. The fraction of sp³-hybridized carbons (Fsp3) is 0. The van der Waals surface area contributed by atoms with Crippen LogP contribution < -0.4 is 0 Å². The van der Waals surface area contributed by atoms with E-state index in [2.05, 4.69) is 105 Å². The maximum absolute atomic E-state index is 7.64. The standard InChI is InChI=1S/C42H22N6/c1-43-27-13-8-12-26(20-27)38-39-33(16-9-19-44-39)45-42(46-38)48-35-18-7-5-15-29(35)31-23-30-28-14-4-6-17-34(28)47-36-22-25-11-3-2-10-24(25)21-32(36)37(40(30)47)41(31)48/h2-23H. The average molecular weight is 611 g/mol. The predicted octanol–water partition coefficient (Wildman–Crippen LogP) is 10.6. The summed E-state index contributed by atoms with van der Waals surface area (Å²) in [6.45, 7) is 7.64. The highest BCUT2D eigenvalue weighted by atomic mass is 15.2. The Labute approximate surface area is 272 Å². The monoisotopic (exact) mass is 610 g/mol. The summed E-state index contributed by atoms with van der Waals surface area (Å²) in [4.78, 5) is 18.9. The normalized spacial score (nSPS) is 12.1. The number of benzene rings is 6. The minimum absolute atomic E-state index is 0.556. The molecule has 0 aliphatic heterocycles. The lowest BCUT2D eigenvalue weighted by Crippen LogP contribution is -2.04. The molecule has 0 radical (unpaired) electrons. The van der Waals surface area contributed by atoms with Gasteiger partial charge in [-0.25, -0.2) is 14.8 Å². The smallest absolute Gasteiger partial charge is 0.235 e. The first-order chi connectivity index (χ1) is 23.8. The van der Waals surface area contributed by atoms with E-state index < -0.39 is 0 Å². The second-order valence-electron chi connectivity index (χ2n) is 12.4. The first kappa shape index (κ1) is 25.4. The van der Waals surface area contributed by atoms with Crippen LogP contribution in [-0.2, 0) is 0 Å². The van der Waals surface area contributed by atoms with Gasteiger partial charge in [0.05, 0.1) is 39.7 Å². The SMILES string of the molecule is [C-]#[N+]c1cccc(-c2nc(-n3c4ccccc4c4cc5c6ccccc6n6c7cc8ccccc8cc7c(c43)c56)nc3cccnc23)c1. The van der Waals surface area contributed by atoms with E-state index in [0.717, 1.165) is 32.9 Å². The lowest BCUT2D eigenvalue weighted by molar-refractivity contribution is 1.01. The van der Waals surface area contributed by atoms with E-state index in [1.54, 1.807) is 6.20 Å². The van der Waals surface area contributed by atoms with Crippen LogP contribution in [0.25, 0.3) is 104 Å². The number of hydrogen-bond acceptors (Lipinski definition) is 3. The van der Waals surface area contributed by atoms with Crippen molar-refractivity contribution in [3.63, 3.8) is 0 Å². The van der Waals surface area contributed by atoms with Gasteiger partial charge >= 0.3 is 0 Å².